The second-order valence-corrected chi connectivity index (χ2v) is 9.00. The molecule has 10 nitrogen and oxygen atoms in total. The number of thioether (sulfide) groups is 1. The third-order valence-corrected chi connectivity index (χ3v) is 6.91. The molecule has 1 fully saturated rings. The molecule has 1 saturated heterocycles. The van der Waals surface area contributed by atoms with Crippen LogP contribution in [0.1, 0.15) is 12.5 Å². The monoisotopic (exact) mass is 503 g/mol. The minimum Gasteiger partial charge on any atom is -0.477 e. The summed E-state index contributed by atoms with van der Waals surface area (Å²) < 4.78 is 11.1. The summed E-state index contributed by atoms with van der Waals surface area (Å²) in [6.45, 7) is 1.12. The second-order valence-electron chi connectivity index (χ2n) is 7.36. The number of fused-ring (bicyclic) bond motifs is 1. The van der Waals surface area contributed by atoms with Crippen LogP contribution in [0.25, 0.3) is 0 Å². The van der Waals surface area contributed by atoms with Crippen molar-refractivity contribution in [2.75, 3.05) is 0 Å². The zero-order chi connectivity index (χ0) is 24.4. The van der Waals surface area contributed by atoms with Crippen LogP contribution in [-0.2, 0) is 25.7 Å². The van der Waals surface area contributed by atoms with Gasteiger partial charge in [-0.05, 0) is 29.8 Å². The van der Waals surface area contributed by atoms with E-state index in [0.717, 1.165) is 0 Å². The van der Waals surface area contributed by atoms with E-state index in [1.54, 1.807) is 24.3 Å². The molecule has 2 aromatic carbocycles. The standard InChI is InChI=1S/C22H18ClN3O7S/c1-12(27)24-19-16(23)17(22(29)32-11-13-7-9-14(10-8-13)26(30)31)25-20(28)18(21(25)34-19)33-15-5-3-2-4-6-15/h2-10,18-19,21H,11H2,1H3,(H,24,27)/t18?,19?,21-/m1/s1. The van der Waals surface area contributed by atoms with E-state index >= 15 is 0 Å². The van der Waals surface area contributed by atoms with Crippen LogP contribution in [0.3, 0.4) is 0 Å². The molecule has 3 atom stereocenters. The van der Waals surface area contributed by atoms with Crippen molar-refractivity contribution in [3.63, 3.8) is 0 Å². The van der Waals surface area contributed by atoms with Crippen molar-refractivity contribution in [1.29, 1.82) is 0 Å². The Labute approximate surface area is 203 Å². The number of nitrogens with one attached hydrogen (secondary N) is 1. The third-order valence-electron chi connectivity index (χ3n) is 5.02. The summed E-state index contributed by atoms with van der Waals surface area (Å²) in [5.41, 5.74) is 0.238. The number of halogens is 1. The number of para-hydroxylation sites is 1. The summed E-state index contributed by atoms with van der Waals surface area (Å²) in [6.07, 6.45) is -0.883. The van der Waals surface area contributed by atoms with Crippen LogP contribution in [-0.4, -0.2) is 44.5 Å². The lowest BCUT2D eigenvalue weighted by Gasteiger charge is -2.50. The lowest BCUT2D eigenvalue weighted by Crippen LogP contribution is -2.68. The number of non-ortho nitro benzene ring substituents is 1. The number of carbonyl (C=O) groups is 3. The smallest absolute Gasteiger partial charge is 0.356 e. The normalized spacial score (nSPS) is 21.3. The molecule has 4 rings (SSSR count). The Morgan fingerprint density at radius 1 is 1.18 bits per heavy atom. The molecule has 2 unspecified atom stereocenters. The van der Waals surface area contributed by atoms with Crippen LogP contribution in [0.2, 0.25) is 0 Å². The zero-order valence-electron chi connectivity index (χ0n) is 17.7. The lowest BCUT2D eigenvalue weighted by molar-refractivity contribution is -0.384. The van der Waals surface area contributed by atoms with Gasteiger partial charge in [-0.3, -0.25) is 24.6 Å². The lowest BCUT2D eigenvalue weighted by atomic mass is 10.1. The van der Waals surface area contributed by atoms with Gasteiger partial charge >= 0.3 is 5.97 Å². The number of benzene rings is 2. The summed E-state index contributed by atoms with van der Waals surface area (Å²) >= 11 is 7.60. The van der Waals surface area contributed by atoms with Crippen molar-refractivity contribution in [3.05, 3.63) is 81.0 Å². The third kappa shape index (κ3) is 4.70. The predicted molar refractivity (Wildman–Crippen MR) is 122 cm³/mol. The number of amides is 2. The molecule has 0 aromatic heterocycles. The largest absolute Gasteiger partial charge is 0.477 e. The average Bonchev–Trinajstić information content (AvgIpc) is 2.82. The number of esters is 1. The Kier molecular flexibility index (Phi) is 6.75. The number of nitro benzene ring substituents is 1. The molecular formula is C22H18ClN3O7S. The molecule has 2 aromatic rings. The Morgan fingerprint density at radius 3 is 2.47 bits per heavy atom. The van der Waals surface area contributed by atoms with Gasteiger partial charge in [-0.1, -0.05) is 29.8 Å². The van der Waals surface area contributed by atoms with E-state index in [1.807, 2.05) is 6.07 Å². The molecule has 2 aliphatic rings. The summed E-state index contributed by atoms with van der Waals surface area (Å²) in [4.78, 5) is 49.0. The molecule has 0 spiro atoms. The van der Waals surface area contributed by atoms with Gasteiger partial charge in [0.05, 0.1) is 9.96 Å². The fourth-order valence-electron chi connectivity index (χ4n) is 3.41. The van der Waals surface area contributed by atoms with Crippen LogP contribution in [0, 0.1) is 10.1 Å². The van der Waals surface area contributed by atoms with Gasteiger partial charge in [-0.15, -0.1) is 11.8 Å². The second kappa shape index (κ2) is 9.74. The first-order chi connectivity index (χ1) is 16.3. The molecule has 2 amide bonds. The molecule has 2 aliphatic heterocycles. The molecular weight excluding hydrogens is 486 g/mol. The first kappa shape index (κ1) is 23.6. The predicted octanol–water partition coefficient (Wildman–Crippen LogP) is 2.91. The number of hydrogen-bond donors (Lipinski definition) is 1. The van der Waals surface area contributed by atoms with E-state index in [1.165, 1.54) is 47.9 Å². The van der Waals surface area contributed by atoms with Crippen molar-refractivity contribution in [3.8, 4) is 5.75 Å². The Bertz CT molecular complexity index is 1170. The maximum Gasteiger partial charge on any atom is 0.356 e. The van der Waals surface area contributed by atoms with Crippen molar-refractivity contribution in [1.82, 2.24) is 10.2 Å². The van der Waals surface area contributed by atoms with Gasteiger partial charge < -0.3 is 14.8 Å². The number of nitro groups is 1. The van der Waals surface area contributed by atoms with Gasteiger partial charge in [0, 0.05) is 19.1 Å². The number of rotatable bonds is 7. The molecule has 1 N–H and O–H groups in total. The average molecular weight is 504 g/mol. The minimum atomic E-state index is -0.883. The summed E-state index contributed by atoms with van der Waals surface area (Å²) in [6, 6.07) is 14.3. The maximum absolute atomic E-state index is 13.0. The van der Waals surface area contributed by atoms with Crippen molar-refractivity contribution < 1.29 is 28.8 Å². The van der Waals surface area contributed by atoms with E-state index in [0.29, 0.717) is 11.3 Å². The van der Waals surface area contributed by atoms with Crippen molar-refractivity contribution in [2.45, 2.75) is 30.4 Å². The molecule has 12 heteroatoms. The van der Waals surface area contributed by atoms with E-state index in [2.05, 4.69) is 5.32 Å². The SMILES string of the molecule is CC(=O)NC1S[C@@H]2C(Oc3ccccc3)C(=O)N2C(C(=O)OCc2ccc([N+](=O)[O-])cc2)=C1Cl. The number of carbonyl (C=O) groups excluding carboxylic acids is 3. The fourth-order valence-corrected chi connectivity index (χ4v) is 5.18. The number of β-lactam (4-membered cyclic amide) rings is 1. The molecule has 2 heterocycles. The Morgan fingerprint density at radius 2 is 1.85 bits per heavy atom. The van der Waals surface area contributed by atoms with Crippen LogP contribution in [0.4, 0.5) is 5.69 Å². The van der Waals surface area contributed by atoms with Crippen LogP contribution in [0.15, 0.2) is 65.3 Å². The minimum absolute atomic E-state index is 0.0448. The highest BCUT2D eigenvalue weighted by Gasteiger charge is 2.57. The van der Waals surface area contributed by atoms with Gasteiger partial charge in [0.15, 0.2) is 0 Å². The highest BCUT2D eigenvalue weighted by molar-refractivity contribution is 8.01. The Balaban J connectivity index is 1.53. The van der Waals surface area contributed by atoms with E-state index < -0.39 is 33.7 Å². The number of ether oxygens (including phenoxy) is 2. The molecule has 0 aliphatic carbocycles. The van der Waals surface area contributed by atoms with Gasteiger partial charge in [0.1, 0.15) is 28.8 Å². The topological polar surface area (TPSA) is 128 Å². The fraction of sp³-hybridized carbons (Fsp3) is 0.227. The van der Waals surface area contributed by atoms with E-state index in [4.69, 9.17) is 21.1 Å². The number of nitrogens with zero attached hydrogens (tertiary/aromatic N) is 2. The maximum atomic E-state index is 13.0. The number of hydrogen-bond acceptors (Lipinski definition) is 8. The van der Waals surface area contributed by atoms with E-state index in [-0.39, 0.29) is 28.9 Å². The molecule has 176 valence electrons. The molecule has 34 heavy (non-hydrogen) atoms. The molecule has 0 bridgehead atoms. The van der Waals surface area contributed by atoms with Crippen molar-refractivity contribution in [2.24, 2.45) is 0 Å². The van der Waals surface area contributed by atoms with Crippen molar-refractivity contribution >= 4 is 46.8 Å². The first-order valence-corrected chi connectivity index (χ1v) is 11.4. The van der Waals surface area contributed by atoms with E-state index in [9.17, 15) is 24.5 Å². The first-order valence-electron chi connectivity index (χ1n) is 10.0. The van der Waals surface area contributed by atoms with Gasteiger partial charge in [-0.2, -0.15) is 0 Å². The summed E-state index contributed by atoms with van der Waals surface area (Å²) in [7, 11) is 0. The highest BCUT2D eigenvalue weighted by Crippen LogP contribution is 2.46. The van der Waals surface area contributed by atoms with Gasteiger partial charge in [0.25, 0.3) is 11.6 Å². The summed E-state index contributed by atoms with van der Waals surface area (Å²) in [5, 5.41) is 12.0. The van der Waals surface area contributed by atoms with Crippen LogP contribution in [0.5, 0.6) is 5.75 Å². The highest BCUT2D eigenvalue weighted by atomic mass is 35.5. The molecule has 0 saturated carbocycles. The van der Waals surface area contributed by atoms with Gasteiger partial charge in [0.2, 0.25) is 12.0 Å². The summed E-state index contributed by atoms with van der Waals surface area (Å²) in [5.74, 6) is -1.22. The quantitative estimate of drug-likeness (QED) is 0.264. The molecule has 0 radical (unpaired) electrons. The van der Waals surface area contributed by atoms with Crippen LogP contribution >= 0.6 is 23.4 Å². The Hall–Kier alpha value is -3.57. The zero-order valence-corrected chi connectivity index (χ0v) is 19.2. The van der Waals surface area contributed by atoms with Crippen LogP contribution < -0.4 is 10.1 Å². The van der Waals surface area contributed by atoms with Gasteiger partial charge in [-0.25, -0.2) is 4.79 Å².